The maximum atomic E-state index is 12.9. The van der Waals surface area contributed by atoms with Crippen molar-refractivity contribution in [1.82, 2.24) is 10.2 Å². The van der Waals surface area contributed by atoms with Gasteiger partial charge in [-0.15, -0.1) is 13.2 Å². The number of aromatic amines is 1. The SMILES string of the molecule is CC(C)N1CCOc2cc(C(=O)Nc3ccc(OC(F)(F)F)cc3)cc(-c3ccn[nH]3)c21. The van der Waals surface area contributed by atoms with Gasteiger partial charge in [-0.3, -0.25) is 9.89 Å². The van der Waals surface area contributed by atoms with Gasteiger partial charge in [-0.25, -0.2) is 0 Å². The molecule has 2 N–H and O–H groups in total. The molecule has 2 aromatic carbocycles. The van der Waals surface area contributed by atoms with Crippen molar-refractivity contribution in [2.75, 3.05) is 23.4 Å². The Morgan fingerprint density at radius 2 is 1.97 bits per heavy atom. The molecule has 0 fully saturated rings. The average Bonchev–Trinajstić information content (AvgIpc) is 3.27. The van der Waals surface area contributed by atoms with E-state index in [4.69, 9.17) is 4.74 Å². The van der Waals surface area contributed by atoms with Crippen LogP contribution in [0.3, 0.4) is 0 Å². The van der Waals surface area contributed by atoms with Crippen LogP contribution in [0.2, 0.25) is 0 Å². The molecule has 168 valence electrons. The van der Waals surface area contributed by atoms with E-state index in [9.17, 15) is 18.0 Å². The molecule has 0 saturated heterocycles. The Balaban J connectivity index is 1.64. The number of nitrogens with one attached hydrogen (secondary N) is 2. The minimum atomic E-state index is -4.78. The van der Waals surface area contributed by atoms with Crippen LogP contribution < -0.4 is 19.7 Å². The zero-order valence-electron chi connectivity index (χ0n) is 17.4. The summed E-state index contributed by atoms with van der Waals surface area (Å²) in [5.41, 5.74) is 3.05. The van der Waals surface area contributed by atoms with E-state index in [1.807, 2.05) is 6.07 Å². The van der Waals surface area contributed by atoms with Crippen LogP contribution in [-0.2, 0) is 0 Å². The Hall–Kier alpha value is -3.69. The highest BCUT2D eigenvalue weighted by Crippen LogP contribution is 2.42. The summed E-state index contributed by atoms with van der Waals surface area (Å²) >= 11 is 0. The lowest BCUT2D eigenvalue weighted by atomic mass is 10.0. The molecule has 1 aromatic heterocycles. The molecule has 0 aliphatic carbocycles. The van der Waals surface area contributed by atoms with Gasteiger partial charge in [0.15, 0.2) is 0 Å². The molecule has 3 aromatic rings. The van der Waals surface area contributed by atoms with E-state index in [2.05, 4.69) is 39.0 Å². The average molecular weight is 446 g/mol. The fourth-order valence-corrected chi connectivity index (χ4v) is 3.58. The first kappa shape index (κ1) is 21.5. The number of rotatable bonds is 5. The van der Waals surface area contributed by atoms with Crippen molar-refractivity contribution in [2.24, 2.45) is 0 Å². The maximum absolute atomic E-state index is 12.9. The van der Waals surface area contributed by atoms with Crippen molar-refractivity contribution in [3.8, 4) is 22.8 Å². The van der Waals surface area contributed by atoms with Gasteiger partial charge in [0.05, 0.1) is 17.9 Å². The third-order valence-electron chi connectivity index (χ3n) is 4.97. The summed E-state index contributed by atoms with van der Waals surface area (Å²) in [6.45, 7) is 5.36. The summed E-state index contributed by atoms with van der Waals surface area (Å²) in [6, 6.07) is 10.4. The molecule has 1 aliphatic heterocycles. The zero-order chi connectivity index (χ0) is 22.9. The van der Waals surface area contributed by atoms with Crippen LogP contribution >= 0.6 is 0 Å². The summed E-state index contributed by atoms with van der Waals surface area (Å²) in [7, 11) is 0. The maximum Gasteiger partial charge on any atom is 0.573 e. The molecule has 1 amide bonds. The predicted molar refractivity (Wildman–Crippen MR) is 113 cm³/mol. The summed E-state index contributed by atoms with van der Waals surface area (Å²) < 4.78 is 46.7. The Labute approximate surface area is 182 Å². The van der Waals surface area contributed by atoms with Gasteiger partial charge < -0.3 is 19.7 Å². The fourth-order valence-electron chi connectivity index (χ4n) is 3.58. The van der Waals surface area contributed by atoms with E-state index in [0.29, 0.717) is 30.2 Å². The van der Waals surface area contributed by atoms with Crippen LogP contribution in [0, 0.1) is 0 Å². The van der Waals surface area contributed by atoms with Crippen LogP contribution in [0.15, 0.2) is 48.7 Å². The molecule has 0 bridgehead atoms. The number of ether oxygens (including phenoxy) is 2. The van der Waals surface area contributed by atoms with E-state index in [1.54, 1.807) is 18.3 Å². The minimum absolute atomic E-state index is 0.219. The topological polar surface area (TPSA) is 79.5 Å². The van der Waals surface area contributed by atoms with E-state index in [0.717, 1.165) is 29.1 Å². The summed E-state index contributed by atoms with van der Waals surface area (Å²) in [5, 5.41) is 9.64. The van der Waals surface area contributed by atoms with Crippen molar-refractivity contribution < 1.29 is 27.4 Å². The predicted octanol–water partition coefficient (Wildman–Crippen LogP) is 4.83. The number of anilines is 2. The first-order chi connectivity index (χ1) is 15.2. The van der Waals surface area contributed by atoms with Crippen LogP contribution in [0.4, 0.5) is 24.5 Å². The largest absolute Gasteiger partial charge is 0.573 e. The molecule has 0 unspecified atom stereocenters. The zero-order valence-corrected chi connectivity index (χ0v) is 17.4. The Kier molecular flexibility index (Phi) is 5.68. The number of halogens is 3. The standard InChI is InChI=1S/C22H21F3N4O3/c1-13(2)29-9-10-31-19-12-14(11-17(20(19)29)18-7-8-26-28-18)21(30)27-15-3-5-16(6-4-15)32-22(23,24)25/h3-8,11-13H,9-10H2,1-2H3,(H,26,28)(H,27,30). The van der Waals surface area contributed by atoms with Crippen molar-refractivity contribution in [1.29, 1.82) is 0 Å². The number of hydrogen-bond donors (Lipinski definition) is 2. The highest BCUT2D eigenvalue weighted by atomic mass is 19.4. The molecule has 0 saturated carbocycles. The number of nitrogens with zero attached hydrogens (tertiary/aromatic N) is 2. The lowest BCUT2D eigenvalue weighted by Gasteiger charge is -2.36. The lowest BCUT2D eigenvalue weighted by Crippen LogP contribution is -2.38. The molecule has 10 heteroatoms. The third kappa shape index (κ3) is 4.63. The Morgan fingerprint density at radius 1 is 1.22 bits per heavy atom. The first-order valence-electron chi connectivity index (χ1n) is 9.95. The molecule has 1 aliphatic rings. The number of alkyl halides is 3. The molecule has 4 rings (SSSR count). The highest BCUT2D eigenvalue weighted by Gasteiger charge is 2.31. The Bertz CT molecular complexity index is 1100. The molecule has 7 nitrogen and oxygen atoms in total. The second-order valence-corrected chi connectivity index (χ2v) is 7.50. The van der Waals surface area contributed by atoms with Crippen LogP contribution in [0.5, 0.6) is 11.5 Å². The number of carbonyl (C=O) groups excluding carboxylic acids is 1. The molecular formula is C22H21F3N4O3. The number of carbonyl (C=O) groups is 1. The summed E-state index contributed by atoms with van der Waals surface area (Å²) in [6.07, 6.45) is -3.15. The lowest BCUT2D eigenvalue weighted by molar-refractivity contribution is -0.274. The van der Waals surface area contributed by atoms with Gasteiger partial charge in [-0.1, -0.05) is 0 Å². The van der Waals surface area contributed by atoms with Gasteiger partial charge in [0, 0.05) is 29.1 Å². The van der Waals surface area contributed by atoms with Crippen LogP contribution in [-0.4, -0.2) is 41.7 Å². The molecule has 0 radical (unpaired) electrons. The van der Waals surface area contributed by atoms with Gasteiger partial charge in [-0.2, -0.15) is 5.10 Å². The molecular weight excluding hydrogens is 425 g/mol. The first-order valence-corrected chi connectivity index (χ1v) is 9.95. The second kappa shape index (κ2) is 8.45. The van der Waals surface area contributed by atoms with E-state index in [-0.39, 0.29) is 11.8 Å². The van der Waals surface area contributed by atoms with Gasteiger partial charge in [-0.05, 0) is 56.3 Å². The van der Waals surface area contributed by atoms with Crippen molar-refractivity contribution in [3.63, 3.8) is 0 Å². The molecule has 0 atom stereocenters. The van der Waals surface area contributed by atoms with Crippen molar-refractivity contribution >= 4 is 17.3 Å². The number of fused-ring (bicyclic) bond motifs is 1. The molecule has 0 spiro atoms. The number of amides is 1. The van der Waals surface area contributed by atoms with Crippen LogP contribution in [0.1, 0.15) is 24.2 Å². The third-order valence-corrected chi connectivity index (χ3v) is 4.97. The second-order valence-electron chi connectivity index (χ2n) is 7.50. The van der Waals surface area contributed by atoms with Crippen LogP contribution in [0.25, 0.3) is 11.3 Å². The number of H-pyrrole nitrogens is 1. The fraction of sp³-hybridized carbons (Fsp3) is 0.273. The molecule has 32 heavy (non-hydrogen) atoms. The highest BCUT2D eigenvalue weighted by molar-refractivity contribution is 6.06. The Morgan fingerprint density at radius 3 is 2.59 bits per heavy atom. The van der Waals surface area contributed by atoms with Gasteiger partial charge in [0.25, 0.3) is 5.91 Å². The number of benzene rings is 2. The smallest absolute Gasteiger partial charge is 0.490 e. The number of aromatic nitrogens is 2. The number of hydrogen-bond acceptors (Lipinski definition) is 5. The summed E-state index contributed by atoms with van der Waals surface area (Å²) in [4.78, 5) is 15.1. The normalized spacial score (nSPS) is 13.5. The van der Waals surface area contributed by atoms with Gasteiger partial charge in [0.1, 0.15) is 18.1 Å². The van der Waals surface area contributed by atoms with Crippen molar-refractivity contribution in [3.05, 3.63) is 54.2 Å². The van der Waals surface area contributed by atoms with E-state index in [1.165, 1.54) is 12.1 Å². The van der Waals surface area contributed by atoms with Crippen molar-refractivity contribution in [2.45, 2.75) is 26.3 Å². The van der Waals surface area contributed by atoms with Gasteiger partial charge >= 0.3 is 6.36 Å². The molecule has 2 heterocycles. The van der Waals surface area contributed by atoms with Gasteiger partial charge in [0.2, 0.25) is 0 Å². The van der Waals surface area contributed by atoms with E-state index < -0.39 is 12.3 Å². The minimum Gasteiger partial charge on any atom is -0.490 e. The quantitative estimate of drug-likeness (QED) is 0.587. The van der Waals surface area contributed by atoms with E-state index >= 15 is 0 Å². The monoisotopic (exact) mass is 446 g/mol. The summed E-state index contributed by atoms with van der Waals surface area (Å²) in [5.74, 6) is -0.215.